The van der Waals surface area contributed by atoms with Crippen molar-refractivity contribution in [3.63, 3.8) is 0 Å². The van der Waals surface area contributed by atoms with Gasteiger partial charge in [-0.25, -0.2) is 0 Å². The SMILES string of the molecule is Cn1cc(CNC(Cc2ccccc2Cl)C(=O)O)cn1. The lowest BCUT2D eigenvalue weighted by atomic mass is 10.1. The molecule has 5 nitrogen and oxygen atoms in total. The molecule has 0 aliphatic carbocycles. The molecular formula is C14H16ClN3O2. The predicted molar refractivity (Wildman–Crippen MR) is 76.6 cm³/mol. The van der Waals surface area contributed by atoms with Crippen molar-refractivity contribution in [2.24, 2.45) is 7.05 Å². The number of hydrogen-bond donors (Lipinski definition) is 2. The Balaban J connectivity index is 2.01. The van der Waals surface area contributed by atoms with E-state index in [-0.39, 0.29) is 0 Å². The highest BCUT2D eigenvalue weighted by Gasteiger charge is 2.18. The number of nitrogens with one attached hydrogen (secondary N) is 1. The number of rotatable bonds is 6. The van der Waals surface area contributed by atoms with Gasteiger partial charge in [0.05, 0.1) is 6.20 Å². The van der Waals surface area contributed by atoms with E-state index in [0.29, 0.717) is 18.0 Å². The zero-order valence-electron chi connectivity index (χ0n) is 11.1. The normalized spacial score (nSPS) is 12.3. The number of carboxylic acid groups (broad SMARTS) is 1. The summed E-state index contributed by atoms with van der Waals surface area (Å²) in [5.74, 6) is -0.895. The van der Waals surface area contributed by atoms with Crippen molar-refractivity contribution < 1.29 is 9.90 Å². The van der Waals surface area contributed by atoms with Crippen LogP contribution in [0.3, 0.4) is 0 Å². The molecule has 2 rings (SSSR count). The molecule has 1 heterocycles. The van der Waals surface area contributed by atoms with Crippen LogP contribution >= 0.6 is 11.6 Å². The quantitative estimate of drug-likeness (QED) is 0.853. The number of carbonyl (C=O) groups is 1. The Kier molecular flexibility index (Phi) is 4.76. The second kappa shape index (κ2) is 6.54. The predicted octanol–water partition coefficient (Wildman–Crippen LogP) is 1.86. The molecule has 1 unspecified atom stereocenters. The van der Waals surface area contributed by atoms with Crippen molar-refractivity contribution in [1.82, 2.24) is 15.1 Å². The number of aryl methyl sites for hydroxylation is 1. The Morgan fingerprint density at radius 1 is 1.50 bits per heavy atom. The lowest BCUT2D eigenvalue weighted by Gasteiger charge is -2.14. The minimum Gasteiger partial charge on any atom is -0.480 e. The van der Waals surface area contributed by atoms with Crippen LogP contribution in [0, 0.1) is 0 Å². The average Bonchev–Trinajstić information content (AvgIpc) is 2.82. The third-order valence-electron chi connectivity index (χ3n) is 2.99. The van der Waals surface area contributed by atoms with Crippen LogP contribution in [0.4, 0.5) is 0 Å². The molecule has 106 valence electrons. The van der Waals surface area contributed by atoms with Crippen molar-refractivity contribution in [3.05, 3.63) is 52.8 Å². The number of benzene rings is 1. The van der Waals surface area contributed by atoms with E-state index in [4.69, 9.17) is 11.6 Å². The average molecular weight is 294 g/mol. The molecular weight excluding hydrogens is 278 g/mol. The molecule has 1 aromatic carbocycles. The van der Waals surface area contributed by atoms with Gasteiger partial charge >= 0.3 is 5.97 Å². The Labute approximate surface area is 122 Å². The van der Waals surface area contributed by atoms with Crippen LogP contribution in [-0.4, -0.2) is 26.9 Å². The van der Waals surface area contributed by atoms with Gasteiger partial charge in [0, 0.05) is 30.4 Å². The molecule has 1 atom stereocenters. The minimum atomic E-state index is -0.895. The molecule has 0 aliphatic heterocycles. The van der Waals surface area contributed by atoms with Crippen LogP contribution < -0.4 is 5.32 Å². The van der Waals surface area contributed by atoms with E-state index >= 15 is 0 Å². The third-order valence-corrected chi connectivity index (χ3v) is 3.36. The fraction of sp³-hybridized carbons (Fsp3) is 0.286. The van der Waals surface area contributed by atoms with Crippen molar-refractivity contribution in [2.45, 2.75) is 19.0 Å². The van der Waals surface area contributed by atoms with Crippen molar-refractivity contribution in [3.8, 4) is 0 Å². The first kappa shape index (κ1) is 14.6. The zero-order valence-corrected chi connectivity index (χ0v) is 11.8. The number of aliphatic carboxylic acids is 1. The van der Waals surface area contributed by atoms with Gasteiger partial charge in [-0.3, -0.25) is 14.8 Å². The van der Waals surface area contributed by atoms with E-state index < -0.39 is 12.0 Å². The van der Waals surface area contributed by atoms with Gasteiger partial charge in [0.25, 0.3) is 0 Å². The molecule has 6 heteroatoms. The Morgan fingerprint density at radius 2 is 2.25 bits per heavy atom. The molecule has 0 spiro atoms. The number of hydrogen-bond acceptors (Lipinski definition) is 3. The van der Waals surface area contributed by atoms with Gasteiger partial charge in [0.1, 0.15) is 6.04 Å². The molecule has 0 amide bonds. The highest BCUT2D eigenvalue weighted by atomic mass is 35.5. The summed E-state index contributed by atoms with van der Waals surface area (Å²) in [6.07, 6.45) is 3.90. The molecule has 0 saturated carbocycles. The monoisotopic (exact) mass is 293 g/mol. The third kappa shape index (κ3) is 3.82. The van der Waals surface area contributed by atoms with Crippen LogP contribution in [0.5, 0.6) is 0 Å². The van der Waals surface area contributed by atoms with Gasteiger partial charge in [-0.05, 0) is 18.1 Å². The second-order valence-corrected chi connectivity index (χ2v) is 5.00. The summed E-state index contributed by atoms with van der Waals surface area (Å²) in [6, 6.07) is 6.59. The van der Waals surface area contributed by atoms with Gasteiger partial charge in [0.2, 0.25) is 0 Å². The number of aromatic nitrogens is 2. The number of nitrogens with zero attached hydrogens (tertiary/aromatic N) is 2. The zero-order chi connectivity index (χ0) is 14.5. The summed E-state index contributed by atoms with van der Waals surface area (Å²) < 4.78 is 1.68. The van der Waals surface area contributed by atoms with Crippen molar-refractivity contribution in [2.75, 3.05) is 0 Å². The van der Waals surface area contributed by atoms with E-state index in [2.05, 4.69) is 10.4 Å². The van der Waals surface area contributed by atoms with Crippen LogP contribution in [-0.2, 0) is 24.8 Å². The van der Waals surface area contributed by atoms with Crippen molar-refractivity contribution >= 4 is 17.6 Å². The minimum absolute atomic E-state index is 0.343. The first-order valence-electron chi connectivity index (χ1n) is 6.23. The van der Waals surface area contributed by atoms with Crippen molar-refractivity contribution in [1.29, 1.82) is 0 Å². The maximum Gasteiger partial charge on any atom is 0.321 e. The summed E-state index contributed by atoms with van der Waals surface area (Å²) in [5, 5.41) is 16.9. The first-order valence-corrected chi connectivity index (χ1v) is 6.61. The molecule has 0 saturated heterocycles. The highest BCUT2D eigenvalue weighted by molar-refractivity contribution is 6.31. The van der Waals surface area contributed by atoms with Gasteiger partial charge < -0.3 is 5.11 Å². The maximum atomic E-state index is 11.3. The molecule has 20 heavy (non-hydrogen) atoms. The van der Waals surface area contributed by atoms with E-state index in [1.165, 1.54) is 0 Å². The van der Waals surface area contributed by atoms with Gasteiger partial charge in [-0.15, -0.1) is 0 Å². The van der Waals surface area contributed by atoms with Crippen LogP contribution in [0.1, 0.15) is 11.1 Å². The molecule has 0 aliphatic rings. The van der Waals surface area contributed by atoms with Crippen LogP contribution in [0.2, 0.25) is 5.02 Å². The molecule has 0 radical (unpaired) electrons. The molecule has 2 aromatic rings. The smallest absolute Gasteiger partial charge is 0.321 e. The molecule has 0 fully saturated rings. The summed E-state index contributed by atoms with van der Waals surface area (Å²) >= 11 is 6.06. The van der Waals surface area contributed by atoms with Crippen LogP contribution in [0.25, 0.3) is 0 Å². The summed E-state index contributed by atoms with van der Waals surface area (Å²) in [5.41, 5.74) is 1.76. The lowest BCUT2D eigenvalue weighted by molar-refractivity contribution is -0.139. The van der Waals surface area contributed by atoms with E-state index in [0.717, 1.165) is 11.1 Å². The second-order valence-electron chi connectivity index (χ2n) is 4.59. The van der Waals surface area contributed by atoms with E-state index in [1.54, 1.807) is 16.9 Å². The summed E-state index contributed by atoms with van der Waals surface area (Å²) in [4.78, 5) is 11.3. The molecule has 1 aromatic heterocycles. The largest absolute Gasteiger partial charge is 0.480 e. The van der Waals surface area contributed by atoms with Crippen LogP contribution in [0.15, 0.2) is 36.7 Å². The van der Waals surface area contributed by atoms with E-state index in [1.807, 2.05) is 31.4 Å². The van der Waals surface area contributed by atoms with Gasteiger partial charge in [0.15, 0.2) is 0 Å². The van der Waals surface area contributed by atoms with Gasteiger partial charge in [-0.2, -0.15) is 5.10 Å². The van der Waals surface area contributed by atoms with Gasteiger partial charge in [-0.1, -0.05) is 29.8 Å². The first-order chi connectivity index (χ1) is 9.56. The maximum absolute atomic E-state index is 11.3. The Morgan fingerprint density at radius 3 is 2.85 bits per heavy atom. The molecule has 2 N–H and O–H groups in total. The lowest BCUT2D eigenvalue weighted by Crippen LogP contribution is -2.38. The summed E-state index contributed by atoms with van der Waals surface area (Å²) in [7, 11) is 1.82. The fourth-order valence-electron chi connectivity index (χ4n) is 1.93. The standard InChI is InChI=1S/C14H16ClN3O2/c1-18-9-10(8-17-18)7-16-13(14(19)20)6-11-4-2-3-5-12(11)15/h2-5,8-9,13,16H,6-7H2,1H3,(H,19,20). The van der Waals surface area contributed by atoms with E-state index in [9.17, 15) is 9.90 Å². The highest BCUT2D eigenvalue weighted by Crippen LogP contribution is 2.17. The Bertz CT molecular complexity index is 598. The molecule has 0 bridgehead atoms. The summed E-state index contributed by atoms with van der Waals surface area (Å²) in [6.45, 7) is 0.454. The number of halogens is 1. The number of carboxylic acids is 1. The fourth-order valence-corrected chi connectivity index (χ4v) is 2.15. The Hall–Kier alpha value is -1.85. The topological polar surface area (TPSA) is 67.2 Å².